The van der Waals surface area contributed by atoms with Crippen LogP contribution in [-0.2, 0) is 0 Å². The lowest BCUT2D eigenvalue weighted by Gasteiger charge is -2.72. The second-order valence-corrected chi connectivity index (χ2v) is 18.6. The molecule has 0 heterocycles. The van der Waals surface area contributed by atoms with Gasteiger partial charge in [0.1, 0.15) is 5.75 Å². The van der Waals surface area contributed by atoms with Crippen LogP contribution in [0.3, 0.4) is 0 Å². The van der Waals surface area contributed by atoms with E-state index >= 15 is 0 Å². The lowest BCUT2D eigenvalue weighted by Crippen LogP contribution is -2.39. The van der Waals surface area contributed by atoms with Crippen molar-refractivity contribution in [2.45, 2.75) is 35.5 Å². The van der Waals surface area contributed by atoms with Gasteiger partial charge in [0.15, 0.2) is 0 Å². The van der Waals surface area contributed by atoms with Gasteiger partial charge in [0.05, 0.1) is 5.69 Å². The number of rotatable bonds is 7. The fourth-order valence-corrected chi connectivity index (χ4v) is 8.61. The Kier molecular flexibility index (Phi) is 5.45. The first-order valence-corrected chi connectivity index (χ1v) is 15.9. The predicted molar refractivity (Wildman–Crippen MR) is 152 cm³/mol. The van der Waals surface area contributed by atoms with Crippen molar-refractivity contribution >= 4 is 20.5 Å². The maximum absolute atomic E-state index is 7.58. The van der Waals surface area contributed by atoms with Gasteiger partial charge in [0.2, 0.25) is 0 Å². The summed E-state index contributed by atoms with van der Waals surface area (Å²) in [5.41, 5.74) is 4.53. The highest BCUT2D eigenvalue weighted by Gasteiger charge is 2.53. The molecular formula is C32H35NOS. The molecule has 4 aromatic rings. The van der Waals surface area contributed by atoms with Gasteiger partial charge in [-0.1, -0.05) is 60.7 Å². The van der Waals surface area contributed by atoms with E-state index in [1.54, 1.807) is 0 Å². The molecule has 0 aromatic heterocycles. The van der Waals surface area contributed by atoms with Crippen LogP contribution < -0.4 is 4.18 Å². The van der Waals surface area contributed by atoms with Gasteiger partial charge < -0.3 is 4.18 Å². The molecule has 1 saturated carbocycles. The Morgan fingerprint density at radius 3 is 1.77 bits per heavy atom. The first kappa shape index (κ1) is 23.4. The van der Waals surface area contributed by atoms with Gasteiger partial charge in [-0.15, -0.1) is 8.58 Å². The number of para-hydroxylation sites is 1. The molecule has 1 aliphatic carbocycles. The molecule has 0 amide bonds. The first-order valence-electron chi connectivity index (χ1n) is 12.3. The van der Waals surface area contributed by atoms with Gasteiger partial charge in [0, 0.05) is 21.6 Å². The van der Waals surface area contributed by atoms with Gasteiger partial charge in [-0.3, -0.25) is 4.99 Å². The van der Waals surface area contributed by atoms with E-state index in [1.807, 2.05) is 36.5 Å². The van der Waals surface area contributed by atoms with Crippen LogP contribution >= 0.6 is 8.58 Å². The van der Waals surface area contributed by atoms with Crippen molar-refractivity contribution in [3.63, 3.8) is 0 Å². The Labute approximate surface area is 209 Å². The van der Waals surface area contributed by atoms with Crippen molar-refractivity contribution in [2.75, 3.05) is 18.8 Å². The molecule has 2 nitrogen and oxygen atoms in total. The summed E-state index contributed by atoms with van der Waals surface area (Å²) in [6, 6.07) is 36.1. The minimum Gasteiger partial charge on any atom is -0.458 e. The number of benzene rings is 4. The molecule has 1 fully saturated rings. The fourth-order valence-electron chi connectivity index (χ4n) is 4.85. The molecule has 0 N–H and O–H groups in total. The molecule has 1 aliphatic rings. The summed E-state index contributed by atoms with van der Waals surface area (Å²) in [5.74, 6) is 1.52. The number of nitrogens with zero attached hydrogens (tertiary/aromatic N) is 1. The van der Waals surface area contributed by atoms with E-state index in [4.69, 9.17) is 9.18 Å². The predicted octanol–water partition coefficient (Wildman–Crippen LogP) is 8.80. The molecule has 0 spiro atoms. The summed E-state index contributed by atoms with van der Waals surface area (Å²) in [5, 5.41) is 0. The topological polar surface area (TPSA) is 21.6 Å². The summed E-state index contributed by atoms with van der Waals surface area (Å²) in [4.78, 5) is 7.26. The summed E-state index contributed by atoms with van der Waals surface area (Å²) >= 11 is 0. The van der Waals surface area contributed by atoms with Crippen molar-refractivity contribution in [2.24, 2.45) is 4.99 Å². The Hall–Kier alpha value is -3.30. The van der Waals surface area contributed by atoms with Crippen LogP contribution in [0.25, 0.3) is 0 Å². The highest BCUT2D eigenvalue weighted by molar-refractivity contribution is 8.60. The maximum atomic E-state index is 7.58. The quantitative estimate of drug-likeness (QED) is 0.242. The van der Waals surface area contributed by atoms with E-state index in [-0.39, 0.29) is 0 Å². The molecule has 35 heavy (non-hydrogen) atoms. The van der Waals surface area contributed by atoms with Crippen LogP contribution in [0.15, 0.2) is 118 Å². The summed E-state index contributed by atoms with van der Waals surface area (Å²) in [6.07, 6.45) is 11.4. The highest BCUT2D eigenvalue weighted by Crippen LogP contribution is 2.91. The Morgan fingerprint density at radius 2 is 1.26 bits per heavy atom. The molecule has 0 atom stereocenters. The molecule has 0 saturated heterocycles. The average Bonchev–Trinajstić information content (AvgIpc) is 3.71. The van der Waals surface area contributed by atoms with Gasteiger partial charge in [-0.25, -0.2) is 0 Å². The number of hydrogen-bond acceptors (Lipinski definition) is 2. The molecule has 5 rings (SSSR count). The summed E-state index contributed by atoms with van der Waals surface area (Å²) in [7, 11) is -3.49. The van der Waals surface area contributed by atoms with E-state index in [0.717, 1.165) is 17.0 Å². The first-order chi connectivity index (χ1) is 16.7. The van der Waals surface area contributed by atoms with Crippen LogP contribution in [-0.4, -0.2) is 25.0 Å². The molecule has 3 heteroatoms. The Balaban J connectivity index is 1.75. The van der Waals surface area contributed by atoms with Gasteiger partial charge in [-0.05, 0) is 98.0 Å². The van der Waals surface area contributed by atoms with Crippen LogP contribution in [0.5, 0.6) is 5.75 Å². The van der Waals surface area contributed by atoms with Crippen LogP contribution in [0, 0.1) is 6.92 Å². The normalized spacial score (nSPS) is 16.0. The third kappa shape index (κ3) is 4.41. The standard InChI is InChI=1S/C32H35NOS/c1-25-22-27(24-33-28-14-8-5-9-15-28)32(31(23-25)26-20-21-26)34-35(2,3,4,29-16-10-6-11-17-29)30-18-12-7-13-19-30/h5-19,22-24,26H,20-21H2,1-4H3. The van der Waals surface area contributed by atoms with Crippen LogP contribution in [0.2, 0.25) is 0 Å². The van der Waals surface area contributed by atoms with Crippen molar-refractivity contribution < 1.29 is 4.18 Å². The van der Waals surface area contributed by atoms with E-state index < -0.39 is 8.58 Å². The Morgan fingerprint density at radius 1 is 0.743 bits per heavy atom. The molecule has 0 bridgehead atoms. The van der Waals surface area contributed by atoms with E-state index in [2.05, 4.69) is 98.5 Å². The zero-order valence-electron chi connectivity index (χ0n) is 21.1. The lowest BCUT2D eigenvalue weighted by atomic mass is 10.0. The second-order valence-electron chi connectivity index (χ2n) is 11.1. The van der Waals surface area contributed by atoms with Gasteiger partial charge in [0.25, 0.3) is 0 Å². The Bertz CT molecular complexity index is 1330. The lowest BCUT2D eigenvalue weighted by molar-refractivity contribution is 0.576. The highest BCUT2D eigenvalue weighted by atomic mass is 32.4. The molecule has 0 unspecified atom stereocenters. The van der Waals surface area contributed by atoms with Gasteiger partial charge in [-0.2, -0.15) is 0 Å². The summed E-state index contributed by atoms with van der Waals surface area (Å²) in [6.45, 7) is 2.17. The van der Waals surface area contributed by atoms with Crippen molar-refractivity contribution in [3.05, 3.63) is 120 Å². The van der Waals surface area contributed by atoms with E-state index in [9.17, 15) is 0 Å². The third-order valence-corrected chi connectivity index (χ3v) is 12.2. The monoisotopic (exact) mass is 481 g/mol. The average molecular weight is 482 g/mol. The largest absolute Gasteiger partial charge is 0.458 e. The minimum absolute atomic E-state index is 0.544. The van der Waals surface area contributed by atoms with E-state index in [1.165, 1.54) is 33.8 Å². The number of aliphatic imine (C=N–C) groups is 1. The SMILES string of the molecule is Cc1cc(C=Nc2ccccc2)c(OS(C)(C)(C)(c2ccccc2)c2ccccc2)c(C2CC2)c1. The molecular weight excluding hydrogens is 446 g/mol. The molecule has 4 aromatic carbocycles. The molecule has 180 valence electrons. The molecule has 0 radical (unpaired) electrons. The van der Waals surface area contributed by atoms with Crippen molar-refractivity contribution in [3.8, 4) is 5.75 Å². The zero-order chi connectivity index (χ0) is 24.6. The van der Waals surface area contributed by atoms with Crippen LogP contribution in [0.4, 0.5) is 5.69 Å². The van der Waals surface area contributed by atoms with Gasteiger partial charge >= 0.3 is 0 Å². The van der Waals surface area contributed by atoms with Crippen molar-refractivity contribution in [1.29, 1.82) is 0 Å². The molecule has 0 aliphatic heterocycles. The van der Waals surface area contributed by atoms with Crippen LogP contribution in [0.1, 0.15) is 35.4 Å². The number of aryl methyl sites for hydroxylation is 1. The zero-order valence-corrected chi connectivity index (χ0v) is 22.0. The third-order valence-electron chi connectivity index (χ3n) is 7.16. The number of hydrogen-bond donors (Lipinski definition) is 0. The summed E-state index contributed by atoms with van der Waals surface area (Å²) < 4.78 is 7.58. The smallest absolute Gasteiger partial charge is 0.145 e. The fraction of sp³-hybridized carbons (Fsp3) is 0.219. The minimum atomic E-state index is -3.49. The van der Waals surface area contributed by atoms with E-state index in [0.29, 0.717) is 5.92 Å². The van der Waals surface area contributed by atoms with Crippen molar-refractivity contribution in [1.82, 2.24) is 0 Å². The second kappa shape index (κ2) is 8.13. The maximum Gasteiger partial charge on any atom is 0.145 e.